The highest BCUT2D eigenvalue weighted by atomic mass is 79.9. The van der Waals surface area contributed by atoms with Crippen molar-refractivity contribution in [2.24, 2.45) is 0 Å². The van der Waals surface area contributed by atoms with Gasteiger partial charge in [-0.15, -0.1) is 0 Å². The van der Waals surface area contributed by atoms with E-state index >= 15 is 0 Å². The molecule has 0 saturated heterocycles. The maximum absolute atomic E-state index is 13.2. The number of ether oxygens (including phenoxy) is 2. The largest absolute Gasteiger partial charge is 0.497 e. The molecule has 2 amide bonds. The minimum absolute atomic E-state index is 0.120. The molecular weight excluding hydrogens is 412 g/mol. The third-order valence-corrected chi connectivity index (χ3v) is 5.33. The zero-order valence-corrected chi connectivity index (χ0v) is 17.0. The second-order valence-electron chi connectivity index (χ2n) is 6.41. The molecule has 27 heavy (non-hydrogen) atoms. The number of aromatic amines is 1. The number of fused-ring (bicyclic) bond motifs is 3. The Morgan fingerprint density at radius 2 is 2.00 bits per heavy atom. The monoisotopic (exact) mass is 430 g/mol. The maximum Gasteiger partial charge on any atom is 0.329 e. The second-order valence-corrected chi connectivity index (χ2v) is 7.27. The molecule has 0 saturated carbocycles. The van der Waals surface area contributed by atoms with E-state index in [-0.39, 0.29) is 6.03 Å². The van der Waals surface area contributed by atoms with Crippen LogP contribution in [0.15, 0.2) is 29.0 Å². The van der Waals surface area contributed by atoms with E-state index in [9.17, 15) is 4.79 Å². The Balaban J connectivity index is 1.86. The van der Waals surface area contributed by atoms with Crippen molar-refractivity contribution in [3.8, 4) is 11.5 Å². The van der Waals surface area contributed by atoms with Gasteiger partial charge in [-0.05, 0) is 28.9 Å². The first-order valence-electron chi connectivity index (χ1n) is 8.38. The Morgan fingerprint density at radius 1 is 1.22 bits per heavy atom. The molecular formula is C19H19BrN4O3. The lowest BCUT2D eigenvalue weighted by Gasteiger charge is -2.36. The van der Waals surface area contributed by atoms with Gasteiger partial charge < -0.3 is 14.5 Å². The van der Waals surface area contributed by atoms with Gasteiger partial charge in [0.15, 0.2) is 0 Å². The van der Waals surface area contributed by atoms with Gasteiger partial charge in [-0.2, -0.15) is 0 Å². The van der Waals surface area contributed by atoms with Gasteiger partial charge in [0.25, 0.3) is 0 Å². The summed E-state index contributed by atoms with van der Waals surface area (Å²) < 4.78 is 11.7. The molecule has 0 aliphatic carbocycles. The molecule has 0 spiro atoms. The molecule has 4 rings (SSSR count). The minimum Gasteiger partial charge on any atom is -0.497 e. The fourth-order valence-corrected chi connectivity index (χ4v) is 3.96. The van der Waals surface area contributed by atoms with Crippen molar-refractivity contribution in [2.75, 3.05) is 31.1 Å². The molecule has 1 aliphatic rings. The third-order valence-electron chi connectivity index (χ3n) is 4.91. The second kappa shape index (κ2) is 6.45. The Bertz CT molecular complexity index is 1060. The van der Waals surface area contributed by atoms with Gasteiger partial charge in [0.1, 0.15) is 17.1 Å². The molecule has 0 bridgehead atoms. The molecule has 0 unspecified atom stereocenters. The highest BCUT2D eigenvalue weighted by molar-refractivity contribution is 9.10. The number of H-pyrrole nitrogens is 1. The number of benzene rings is 1. The molecule has 1 aliphatic heterocycles. The SMILES string of the molecule is COc1cc(OC)c(C)c(N2Cc3cnc4[nH]c(Br)cc4c3N(C)C2=O)c1. The lowest BCUT2D eigenvalue weighted by molar-refractivity contribution is 0.251. The number of halogens is 1. The van der Waals surface area contributed by atoms with Gasteiger partial charge in [0.05, 0.1) is 36.7 Å². The number of methoxy groups -OCH3 is 2. The number of anilines is 2. The fourth-order valence-electron chi connectivity index (χ4n) is 3.54. The molecule has 3 heterocycles. The van der Waals surface area contributed by atoms with Crippen molar-refractivity contribution >= 4 is 44.4 Å². The smallest absolute Gasteiger partial charge is 0.329 e. The summed E-state index contributed by atoms with van der Waals surface area (Å²) in [6.45, 7) is 2.35. The third kappa shape index (κ3) is 2.71. The van der Waals surface area contributed by atoms with Gasteiger partial charge in [0.2, 0.25) is 0 Å². The molecule has 0 radical (unpaired) electrons. The minimum atomic E-state index is -0.120. The number of amides is 2. The average molecular weight is 431 g/mol. The topological polar surface area (TPSA) is 70.7 Å². The number of aromatic nitrogens is 2. The van der Waals surface area contributed by atoms with Crippen molar-refractivity contribution < 1.29 is 14.3 Å². The number of hydrogen-bond donors (Lipinski definition) is 1. The van der Waals surface area contributed by atoms with Crippen molar-refractivity contribution in [1.82, 2.24) is 9.97 Å². The summed E-state index contributed by atoms with van der Waals surface area (Å²) in [6, 6.07) is 5.49. The number of hydrogen-bond acceptors (Lipinski definition) is 4. The molecule has 0 fully saturated rings. The molecule has 8 heteroatoms. The van der Waals surface area contributed by atoms with E-state index in [1.165, 1.54) is 0 Å². The van der Waals surface area contributed by atoms with Gasteiger partial charge >= 0.3 is 6.03 Å². The number of pyridine rings is 1. The summed E-state index contributed by atoms with van der Waals surface area (Å²) in [5.74, 6) is 1.31. The highest BCUT2D eigenvalue weighted by Crippen LogP contribution is 2.40. The van der Waals surface area contributed by atoms with Crippen LogP contribution in [0.5, 0.6) is 11.5 Å². The molecule has 140 valence electrons. The van der Waals surface area contributed by atoms with Gasteiger partial charge in [-0.3, -0.25) is 9.80 Å². The number of nitrogens with one attached hydrogen (secondary N) is 1. The molecule has 1 N–H and O–H groups in total. The van der Waals surface area contributed by atoms with Crippen molar-refractivity contribution in [3.63, 3.8) is 0 Å². The Labute approximate surface area is 165 Å². The van der Waals surface area contributed by atoms with Crippen LogP contribution in [0.25, 0.3) is 11.0 Å². The first-order chi connectivity index (χ1) is 12.9. The van der Waals surface area contributed by atoms with Gasteiger partial charge in [-0.1, -0.05) is 0 Å². The van der Waals surface area contributed by atoms with Crippen molar-refractivity contribution in [3.05, 3.63) is 40.1 Å². The van der Waals surface area contributed by atoms with Crippen LogP contribution in [0.3, 0.4) is 0 Å². The summed E-state index contributed by atoms with van der Waals surface area (Å²) in [7, 11) is 4.98. The van der Waals surface area contributed by atoms with E-state index in [0.717, 1.165) is 38.1 Å². The van der Waals surface area contributed by atoms with Crippen LogP contribution in [0.4, 0.5) is 16.2 Å². The van der Waals surface area contributed by atoms with Crippen LogP contribution in [0, 0.1) is 6.92 Å². The Kier molecular flexibility index (Phi) is 4.22. The van der Waals surface area contributed by atoms with E-state index in [1.54, 1.807) is 31.1 Å². The average Bonchev–Trinajstić information content (AvgIpc) is 3.05. The highest BCUT2D eigenvalue weighted by Gasteiger charge is 2.32. The quantitative estimate of drug-likeness (QED) is 0.674. The number of urea groups is 1. The predicted molar refractivity (Wildman–Crippen MR) is 108 cm³/mol. The molecule has 3 aromatic rings. The molecule has 1 aromatic carbocycles. The predicted octanol–water partition coefficient (Wildman–Crippen LogP) is 4.23. The van der Waals surface area contributed by atoms with Crippen LogP contribution >= 0.6 is 15.9 Å². The van der Waals surface area contributed by atoms with Crippen molar-refractivity contribution in [2.45, 2.75) is 13.5 Å². The summed E-state index contributed by atoms with van der Waals surface area (Å²) in [5, 5.41) is 0.912. The molecule has 2 aromatic heterocycles. The zero-order valence-electron chi connectivity index (χ0n) is 15.5. The Hall–Kier alpha value is -2.74. The molecule has 7 nitrogen and oxygen atoms in total. The van der Waals surface area contributed by atoms with Gasteiger partial charge in [0, 0.05) is 41.9 Å². The number of nitrogens with zero attached hydrogens (tertiary/aromatic N) is 3. The van der Waals surface area contributed by atoms with E-state index in [1.807, 2.05) is 31.3 Å². The number of carbonyl (C=O) groups excluding carboxylic acids is 1. The van der Waals surface area contributed by atoms with E-state index in [4.69, 9.17) is 9.47 Å². The van der Waals surface area contributed by atoms with Crippen LogP contribution in [-0.4, -0.2) is 37.3 Å². The lowest BCUT2D eigenvalue weighted by Crippen LogP contribution is -2.45. The summed E-state index contributed by atoms with van der Waals surface area (Å²) in [6.07, 6.45) is 1.81. The van der Waals surface area contributed by atoms with E-state index in [2.05, 4.69) is 25.9 Å². The Morgan fingerprint density at radius 3 is 2.70 bits per heavy atom. The van der Waals surface area contributed by atoms with Crippen LogP contribution in [0.2, 0.25) is 0 Å². The van der Waals surface area contributed by atoms with E-state index in [0.29, 0.717) is 18.0 Å². The standard InChI is InChI=1S/C19H19BrN4O3/c1-10-14(5-12(26-3)6-15(10)27-4)24-9-11-8-21-18-13(7-16(20)22-18)17(11)23(2)19(24)25/h5-8H,9H2,1-4H3,(H,21,22). The maximum atomic E-state index is 13.2. The van der Waals surface area contributed by atoms with Gasteiger partial charge in [-0.25, -0.2) is 9.78 Å². The molecule has 0 atom stereocenters. The summed E-state index contributed by atoms with van der Waals surface area (Å²) in [4.78, 5) is 24.2. The first kappa shape index (κ1) is 17.7. The van der Waals surface area contributed by atoms with Crippen molar-refractivity contribution in [1.29, 1.82) is 0 Å². The van der Waals surface area contributed by atoms with Crippen LogP contribution in [-0.2, 0) is 6.54 Å². The summed E-state index contributed by atoms with van der Waals surface area (Å²) >= 11 is 3.44. The van der Waals surface area contributed by atoms with E-state index < -0.39 is 0 Å². The number of rotatable bonds is 3. The van der Waals surface area contributed by atoms with Crippen LogP contribution < -0.4 is 19.3 Å². The number of carbonyl (C=O) groups is 1. The first-order valence-corrected chi connectivity index (χ1v) is 9.17. The zero-order chi connectivity index (χ0) is 19.3. The lowest BCUT2D eigenvalue weighted by atomic mass is 10.1. The fraction of sp³-hybridized carbons (Fsp3) is 0.263. The van der Waals surface area contributed by atoms with Crippen LogP contribution in [0.1, 0.15) is 11.1 Å². The normalized spacial score (nSPS) is 13.9. The summed E-state index contributed by atoms with van der Waals surface area (Å²) in [5.41, 5.74) is 4.21.